The number of nitrogens with two attached hydrogens (primary N) is 1. The van der Waals surface area contributed by atoms with E-state index < -0.39 is 0 Å². The third-order valence-corrected chi connectivity index (χ3v) is 3.12. The minimum absolute atomic E-state index is 0.494. The zero-order valence-electron chi connectivity index (χ0n) is 11.3. The van der Waals surface area contributed by atoms with E-state index in [4.69, 9.17) is 10.5 Å². The second-order valence-corrected chi connectivity index (χ2v) is 4.51. The van der Waals surface area contributed by atoms with Gasteiger partial charge in [0.25, 0.3) is 0 Å². The van der Waals surface area contributed by atoms with Gasteiger partial charge in [0, 0.05) is 43.4 Å². The molecule has 0 bridgehead atoms. The minimum Gasteiger partial charge on any atom is -0.497 e. The maximum Gasteiger partial charge on any atom is 0.121 e. The molecule has 2 rings (SSSR count). The lowest BCUT2D eigenvalue weighted by Gasteiger charge is -2.21. The molecule has 0 saturated carbocycles. The van der Waals surface area contributed by atoms with Gasteiger partial charge in [-0.25, -0.2) is 0 Å². The summed E-state index contributed by atoms with van der Waals surface area (Å²) in [4.78, 5) is 6.70. The van der Waals surface area contributed by atoms with Gasteiger partial charge in [0.2, 0.25) is 0 Å². The van der Waals surface area contributed by atoms with Crippen LogP contribution in [0.3, 0.4) is 0 Å². The molecule has 96 valence electrons. The molecule has 2 N–H and O–H groups in total. The van der Waals surface area contributed by atoms with E-state index in [0.717, 1.165) is 33.6 Å². The number of ether oxygens (including phenoxy) is 1. The fourth-order valence-electron chi connectivity index (χ4n) is 2.27. The smallest absolute Gasteiger partial charge is 0.121 e. The van der Waals surface area contributed by atoms with Crippen molar-refractivity contribution in [2.45, 2.75) is 13.5 Å². The Morgan fingerprint density at radius 1 is 1.33 bits per heavy atom. The van der Waals surface area contributed by atoms with Gasteiger partial charge >= 0.3 is 0 Å². The molecule has 0 amide bonds. The number of rotatable bonds is 3. The molecule has 0 fully saturated rings. The molecule has 18 heavy (non-hydrogen) atoms. The first-order chi connectivity index (χ1) is 8.58. The van der Waals surface area contributed by atoms with Gasteiger partial charge in [0.15, 0.2) is 0 Å². The first-order valence-electron chi connectivity index (χ1n) is 5.93. The lowest BCUT2D eigenvalue weighted by Crippen LogP contribution is -2.15. The molecule has 0 unspecified atom stereocenters. The second kappa shape index (κ2) is 4.82. The Kier molecular flexibility index (Phi) is 3.39. The van der Waals surface area contributed by atoms with Crippen molar-refractivity contribution in [1.29, 1.82) is 0 Å². The molecular weight excluding hydrogens is 226 g/mol. The Balaban J connectivity index is 2.81. The van der Waals surface area contributed by atoms with Crippen molar-refractivity contribution in [3.05, 3.63) is 29.5 Å². The quantitative estimate of drug-likeness (QED) is 0.899. The SMILES string of the molecule is COc1ccc2c(N(C)C)c(CN)c(C)nc2c1. The predicted octanol–water partition coefficient (Wildman–Crippen LogP) is 2.08. The second-order valence-electron chi connectivity index (χ2n) is 4.51. The number of benzene rings is 1. The number of anilines is 1. The maximum atomic E-state index is 5.85. The zero-order valence-corrected chi connectivity index (χ0v) is 11.3. The maximum absolute atomic E-state index is 5.85. The lowest BCUT2D eigenvalue weighted by atomic mass is 10.1. The van der Waals surface area contributed by atoms with Crippen LogP contribution in [0.1, 0.15) is 11.3 Å². The van der Waals surface area contributed by atoms with Crippen LogP contribution in [0.5, 0.6) is 5.75 Å². The van der Waals surface area contributed by atoms with Gasteiger partial charge in [0.05, 0.1) is 18.3 Å². The van der Waals surface area contributed by atoms with E-state index in [-0.39, 0.29) is 0 Å². The number of methoxy groups -OCH3 is 1. The summed E-state index contributed by atoms with van der Waals surface area (Å²) < 4.78 is 5.24. The van der Waals surface area contributed by atoms with Crippen molar-refractivity contribution >= 4 is 16.6 Å². The first kappa shape index (κ1) is 12.6. The number of hydrogen-bond acceptors (Lipinski definition) is 4. The fourth-order valence-corrected chi connectivity index (χ4v) is 2.27. The van der Waals surface area contributed by atoms with Crippen LogP contribution < -0.4 is 15.4 Å². The van der Waals surface area contributed by atoms with Gasteiger partial charge in [0.1, 0.15) is 5.75 Å². The summed E-state index contributed by atoms with van der Waals surface area (Å²) in [5.41, 5.74) is 9.99. The number of pyridine rings is 1. The van der Waals surface area contributed by atoms with Gasteiger partial charge in [-0.2, -0.15) is 0 Å². The summed E-state index contributed by atoms with van der Waals surface area (Å²) in [5, 5.41) is 1.10. The Hall–Kier alpha value is -1.81. The third-order valence-electron chi connectivity index (χ3n) is 3.12. The highest BCUT2D eigenvalue weighted by molar-refractivity contribution is 5.94. The number of aryl methyl sites for hydroxylation is 1. The molecular formula is C14H19N3O. The number of hydrogen-bond donors (Lipinski definition) is 1. The molecule has 0 atom stereocenters. The zero-order chi connectivity index (χ0) is 13.3. The van der Waals surface area contributed by atoms with Crippen molar-refractivity contribution in [3.63, 3.8) is 0 Å². The van der Waals surface area contributed by atoms with E-state index in [9.17, 15) is 0 Å². The van der Waals surface area contributed by atoms with Gasteiger partial charge < -0.3 is 15.4 Å². The molecule has 0 aliphatic rings. The topological polar surface area (TPSA) is 51.4 Å². The number of aromatic nitrogens is 1. The molecule has 4 heteroatoms. The molecule has 2 aromatic rings. The average molecular weight is 245 g/mol. The van der Waals surface area contributed by atoms with Crippen LogP contribution in [0.15, 0.2) is 18.2 Å². The largest absolute Gasteiger partial charge is 0.497 e. The molecule has 0 aliphatic carbocycles. The van der Waals surface area contributed by atoms with Crippen molar-refractivity contribution in [2.75, 3.05) is 26.1 Å². The number of fused-ring (bicyclic) bond motifs is 1. The van der Waals surface area contributed by atoms with Crippen LogP contribution in [-0.2, 0) is 6.54 Å². The van der Waals surface area contributed by atoms with Crippen molar-refractivity contribution < 1.29 is 4.74 Å². The van der Waals surface area contributed by atoms with Crippen LogP contribution in [0.4, 0.5) is 5.69 Å². The highest BCUT2D eigenvalue weighted by atomic mass is 16.5. The van der Waals surface area contributed by atoms with Crippen molar-refractivity contribution in [2.24, 2.45) is 5.73 Å². The highest BCUT2D eigenvalue weighted by Gasteiger charge is 2.13. The molecule has 1 aromatic carbocycles. The van der Waals surface area contributed by atoms with E-state index in [0.29, 0.717) is 6.54 Å². The predicted molar refractivity (Wildman–Crippen MR) is 75.3 cm³/mol. The van der Waals surface area contributed by atoms with Crippen LogP contribution in [0.2, 0.25) is 0 Å². The van der Waals surface area contributed by atoms with E-state index in [2.05, 4.69) is 9.88 Å². The fraction of sp³-hybridized carbons (Fsp3) is 0.357. The summed E-state index contributed by atoms with van der Waals surface area (Å²) in [6.45, 7) is 2.49. The van der Waals surface area contributed by atoms with E-state index >= 15 is 0 Å². The highest BCUT2D eigenvalue weighted by Crippen LogP contribution is 2.32. The summed E-state index contributed by atoms with van der Waals surface area (Å²) in [6, 6.07) is 5.94. The summed E-state index contributed by atoms with van der Waals surface area (Å²) in [6.07, 6.45) is 0. The van der Waals surface area contributed by atoms with E-state index in [1.807, 2.05) is 39.2 Å². The average Bonchev–Trinajstić information content (AvgIpc) is 2.35. The Labute approximate surface area is 107 Å². The van der Waals surface area contributed by atoms with Crippen molar-refractivity contribution in [1.82, 2.24) is 4.98 Å². The van der Waals surface area contributed by atoms with Crippen molar-refractivity contribution in [3.8, 4) is 5.75 Å². The standard InChI is InChI=1S/C14H19N3O/c1-9-12(8-15)14(17(2)3)11-6-5-10(18-4)7-13(11)16-9/h5-7H,8,15H2,1-4H3. The number of nitrogens with zero attached hydrogens (tertiary/aromatic N) is 2. The molecule has 4 nitrogen and oxygen atoms in total. The Morgan fingerprint density at radius 3 is 2.61 bits per heavy atom. The molecule has 1 heterocycles. The van der Waals surface area contributed by atoms with Gasteiger partial charge in [-0.15, -0.1) is 0 Å². The molecule has 0 aliphatic heterocycles. The molecule has 1 aromatic heterocycles. The van der Waals surface area contributed by atoms with Gasteiger partial charge in [-0.1, -0.05) is 0 Å². The summed E-state index contributed by atoms with van der Waals surface area (Å²) in [7, 11) is 5.71. The Morgan fingerprint density at radius 2 is 2.06 bits per heavy atom. The van der Waals surface area contributed by atoms with Gasteiger partial charge in [-0.05, 0) is 19.1 Å². The van der Waals surface area contributed by atoms with Crippen LogP contribution in [0.25, 0.3) is 10.9 Å². The summed E-state index contributed by atoms with van der Waals surface area (Å²) >= 11 is 0. The van der Waals surface area contributed by atoms with E-state index in [1.165, 1.54) is 0 Å². The lowest BCUT2D eigenvalue weighted by molar-refractivity contribution is 0.415. The van der Waals surface area contributed by atoms with Gasteiger partial charge in [-0.3, -0.25) is 4.98 Å². The normalized spacial score (nSPS) is 10.7. The molecule has 0 radical (unpaired) electrons. The summed E-state index contributed by atoms with van der Waals surface area (Å²) in [5.74, 6) is 0.819. The Bertz CT molecular complexity index is 579. The van der Waals surface area contributed by atoms with Crippen LogP contribution in [-0.4, -0.2) is 26.2 Å². The van der Waals surface area contributed by atoms with Crippen LogP contribution >= 0.6 is 0 Å². The minimum atomic E-state index is 0.494. The third kappa shape index (κ3) is 1.99. The van der Waals surface area contributed by atoms with Crippen LogP contribution in [0, 0.1) is 6.92 Å². The molecule has 0 spiro atoms. The molecule has 0 saturated heterocycles. The first-order valence-corrected chi connectivity index (χ1v) is 5.93. The van der Waals surface area contributed by atoms with E-state index in [1.54, 1.807) is 7.11 Å². The monoisotopic (exact) mass is 245 g/mol.